The molecular formula is C21H25NO10. The Labute approximate surface area is 184 Å². The third-order valence-electron chi connectivity index (χ3n) is 4.27. The summed E-state index contributed by atoms with van der Waals surface area (Å²) in [6.45, 7) is 4.25. The summed E-state index contributed by atoms with van der Waals surface area (Å²) in [5, 5.41) is 9.99. The van der Waals surface area contributed by atoms with Gasteiger partial charge in [-0.3, -0.25) is 24.2 Å². The summed E-state index contributed by atoms with van der Waals surface area (Å²) >= 11 is 0. The fourth-order valence-corrected chi connectivity index (χ4v) is 3.07. The number of ether oxygens (including phenoxy) is 5. The van der Waals surface area contributed by atoms with E-state index in [1.807, 2.05) is 0 Å². The molecule has 0 aliphatic carbocycles. The van der Waals surface area contributed by atoms with Gasteiger partial charge < -0.3 is 28.8 Å². The Morgan fingerprint density at radius 3 is 2.09 bits per heavy atom. The minimum Gasteiger partial charge on any atom is -0.507 e. The number of phenolic OH excluding ortho intramolecular Hbond substituents is 1. The lowest BCUT2D eigenvalue weighted by atomic mass is 9.96. The predicted octanol–water partition coefficient (Wildman–Crippen LogP) is 0.894. The first-order chi connectivity index (χ1) is 15.1. The molecule has 174 valence electrons. The molecule has 0 saturated carbocycles. The van der Waals surface area contributed by atoms with E-state index < -0.39 is 54.5 Å². The Balaban J connectivity index is 2.48. The Morgan fingerprint density at radius 2 is 1.53 bits per heavy atom. The van der Waals surface area contributed by atoms with Crippen molar-refractivity contribution in [2.75, 3.05) is 6.61 Å². The van der Waals surface area contributed by atoms with Gasteiger partial charge in [0.05, 0.1) is 0 Å². The molecule has 0 radical (unpaired) electrons. The quantitative estimate of drug-likeness (QED) is 0.360. The molecule has 32 heavy (non-hydrogen) atoms. The van der Waals surface area contributed by atoms with Crippen molar-refractivity contribution in [3.63, 3.8) is 0 Å². The third-order valence-corrected chi connectivity index (χ3v) is 4.27. The zero-order chi connectivity index (χ0) is 23.8. The molecular weight excluding hydrogens is 426 g/mol. The van der Waals surface area contributed by atoms with E-state index in [4.69, 9.17) is 23.7 Å². The minimum atomic E-state index is -1.37. The number of benzene rings is 1. The molecule has 1 heterocycles. The fraction of sp³-hybridized carbons (Fsp3) is 0.476. The molecule has 1 N–H and O–H groups in total. The van der Waals surface area contributed by atoms with Gasteiger partial charge in [0.1, 0.15) is 18.5 Å². The van der Waals surface area contributed by atoms with Crippen LogP contribution in [0.4, 0.5) is 0 Å². The topological polar surface area (TPSA) is 147 Å². The first-order valence-electron chi connectivity index (χ1n) is 9.70. The van der Waals surface area contributed by atoms with Crippen molar-refractivity contribution in [2.45, 2.75) is 58.3 Å². The zero-order valence-electron chi connectivity index (χ0n) is 18.0. The van der Waals surface area contributed by atoms with Gasteiger partial charge in [-0.05, 0) is 12.1 Å². The van der Waals surface area contributed by atoms with Crippen LogP contribution in [0.3, 0.4) is 0 Å². The number of para-hydroxylation sites is 1. The van der Waals surface area contributed by atoms with E-state index in [0.717, 1.165) is 20.8 Å². The molecule has 0 unspecified atom stereocenters. The molecule has 1 aromatic carbocycles. The molecule has 5 atom stereocenters. The number of aliphatic imine (C=N–C) groups is 1. The summed E-state index contributed by atoms with van der Waals surface area (Å²) in [4.78, 5) is 50.8. The van der Waals surface area contributed by atoms with Crippen LogP contribution >= 0.6 is 0 Å². The van der Waals surface area contributed by atoms with Gasteiger partial charge in [0.15, 0.2) is 18.2 Å². The van der Waals surface area contributed by atoms with E-state index in [1.54, 1.807) is 18.2 Å². The van der Waals surface area contributed by atoms with Gasteiger partial charge in [0.25, 0.3) is 0 Å². The van der Waals surface area contributed by atoms with E-state index in [-0.39, 0.29) is 12.4 Å². The predicted molar refractivity (Wildman–Crippen MR) is 108 cm³/mol. The largest absolute Gasteiger partial charge is 0.507 e. The minimum absolute atomic E-state index is 0.0645. The van der Waals surface area contributed by atoms with Gasteiger partial charge in [0, 0.05) is 39.5 Å². The van der Waals surface area contributed by atoms with Gasteiger partial charge in [-0.1, -0.05) is 12.1 Å². The van der Waals surface area contributed by atoms with Crippen LogP contribution < -0.4 is 0 Å². The molecule has 0 amide bonds. The van der Waals surface area contributed by atoms with Crippen LogP contribution in [0.15, 0.2) is 29.3 Å². The number of nitrogens with zero attached hydrogens (tertiary/aromatic N) is 1. The summed E-state index contributed by atoms with van der Waals surface area (Å²) in [5.41, 5.74) is 0.335. The first kappa shape index (κ1) is 24.8. The lowest BCUT2D eigenvalue weighted by Crippen LogP contribution is -2.61. The highest BCUT2D eigenvalue weighted by Gasteiger charge is 2.51. The van der Waals surface area contributed by atoms with Crippen LogP contribution in [-0.4, -0.2) is 72.4 Å². The highest BCUT2D eigenvalue weighted by molar-refractivity contribution is 5.83. The SMILES string of the molecule is CC(=O)OC[C@H]1O[C@@H](OC(C)=O)[C@H](N=Cc2ccccc2O)[C@@H](OC(C)=O)[C@@H]1OC(C)=O. The molecule has 1 aliphatic rings. The van der Waals surface area contributed by atoms with Crippen LogP contribution in [0.1, 0.15) is 33.3 Å². The van der Waals surface area contributed by atoms with Crippen molar-refractivity contribution in [3.8, 4) is 5.75 Å². The summed E-state index contributed by atoms with van der Waals surface area (Å²) in [6.07, 6.45) is -3.68. The molecule has 1 aromatic rings. The molecule has 1 fully saturated rings. The van der Waals surface area contributed by atoms with Crippen LogP contribution in [0, 0.1) is 0 Å². The van der Waals surface area contributed by atoms with Gasteiger partial charge in [0.2, 0.25) is 6.29 Å². The molecule has 0 bridgehead atoms. The van der Waals surface area contributed by atoms with Crippen molar-refractivity contribution < 1.29 is 48.0 Å². The van der Waals surface area contributed by atoms with Crippen LogP contribution in [0.25, 0.3) is 0 Å². The zero-order valence-corrected chi connectivity index (χ0v) is 18.0. The average molecular weight is 451 g/mol. The van der Waals surface area contributed by atoms with Crippen LogP contribution in [0.2, 0.25) is 0 Å². The molecule has 1 saturated heterocycles. The second kappa shape index (κ2) is 11.2. The van der Waals surface area contributed by atoms with Crippen molar-refractivity contribution in [1.82, 2.24) is 0 Å². The fourth-order valence-electron chi connectivity index (χ4n) is 3.07. The normalized spacial score (nSPS) is 25.1. The van der Waals surface area contributed by atoms with Gasteiger partial charge in [-0.15, -0.1) is 0 Å². The number of rotatable bonds is 7. The average Bonchev–Trinajstić information content (AvgIpc) is 2.68. The van der Waals surface area contributed by atoms with Crippen molar-refractivity contribution in [1.29, 1.82) is 0 Å². The summed E-state index contributed by atoms with van der Waals surface area (Å²) in [5.74, 6) is -2.83. The maximum absolute atomic E-state index is 11.8. The number of carbonyl (C=O) groups is 4. The summed E-state index contributed by atoms with van der Waals surface area (Å²) in [6, 6.07) is 5.15. The number of esters is 4. The second-order valence-corrected chi connectivity index (χ2v) is 6.93. The number of hydrogen-bond acceptors (Lipinski definition) is 11. The first-order valence-corrected chi connectivity index (χ1v) is 9.70. The van der Waals surface area contributed by atoms with Crippen molar-refractivity contribution >= 4 is 30.1 Å². The molecule has 0 aromatic heterocycles. The molecule has 11 heteroatoms. The van der Waals surface area contributed by atoms with Gasteiger partial charge >= 0.3 is 23.9 Å². The van der Waals surface area contributed by atoms with E-state index in [9.17, 15) is 24.3 Å². The van der Waals surface area contributed by atoms with Crippen LogP contribution in [-0.2, 0) is 42.9 Å². The van der Waals surface area contributed by atoms with Gasteiger partial charge in [-0.25, -0.2) is 0 Å². The molecule has 0 spiro atoms. The van der Waals surface area contributed by atoms with E-state index in [2.05, 4.69) is 4.99 Å². The Morgan fingerprint density at radius 1 is 0.938 bits per heavy atom. The van der Waals surface area contributed by atoms with Gasteiger partial charge in [-0.2, -0.15) is 0 Å². The van der Waals surface area contributed by atoms with E-state index in [1.165, 1.54) is 19.2 Å². The summed E-state index contributed by atoms with van der Waals surface area (Å²) in [7, 11) is 0. The monoisotopic (exact) mass is 451 g/mol. The summed E-state index contributed by atoms with van der Waals surface area (Å²) < 4.78 is 26.6. The number of aromatic hydroxyl groups is 1. The lowest BCUT2D eigenvalue weighted by Gasteiger charge is -2.42. The highest BCUT2D eigenvalue weighted by atomic mass is 16.7. The maximum Gasteiger partial charge on any atom is 0.305 e. The van der Waals surface area contributed by atoms with E-state index >= 15 is 0 Å². The third kappa shape index (κ3) is 7.05. The molecule has 2 rings (SSSR count). The molecule has 1 aliphatic heterocycles. The van der Waals surface area contributed by atoms with Crippen molar-refractivity contribution in [2.24, 2.45) is 4.99 Å². The Hall–Kier alpha value is -3.47. The number of phenols is 1. The Bertz CT molecular complexity index is 883. The van der Waals surface area contributed by atoms with E-state index in [0.29, 0.717) is 5.56 Å². The standard InChI is InChI=1S/C21H25NO10/c1-11(23)28-10-17-19(29-12(2)24)20(30-13(3)25)18(21(32-17)31-14(4)26)22-9-15-7-5-6-8-16(15)27/h5-9,17-21,27H,10H2,1-4H3/t17-,18-,19-,20-,21-/m1/s1. The highest BCUT2D eigenvalue weighted by Crippen LogP contribution is 2.30. The lowest BCUT2D eigenvalue weighted by molar-refractivity contribution is -0.266. The Kier molecular flexibility index (Phi) is 8.71. The maximum atomic E-state index is 11.8. The second-order valence-electron chi connectivity index (χ2n) is 6.93. The smallest absolute Gasteiger partial charge is 0.305 e. The molecule has 11 nitrogen and oxygen atoms in total. The number of carbonyl (C=O) groups excluding carboxylic acids is 4. The van der Waals surface area contributed by atoms with Crippen molar-refractivity contribution in [3.05, 3.63) is 29.8 Å². The van der Waals surface area contributed by atoms with Crippen LogP contribution in [0.5, 0.6) is 5.75 Å². The number of hydrogen-bond donors (Lipinski definition) is 1.